The molecule has 1 aliphatic rings. The minimum atomic E-state index is -0.120. The van der Waals surface area contributed by atoms with Gasteiger partial charge in [0.2, 0.25) is 0 Å². The van der Waals surface area contributed by atoms with Gasteiger partial charge < -0.3 is 15.1 Å². The highest BCUT2D eigenvalue weighted by molar-refractivity contribution is 8.12. The van der Waals surface area contributed by atoms with Crippen LogP contribution in [0, 0.1) is 12.8 Å². The lowest BCUT2D eigenvalue weighted by Gasteiger charge is -2.40. The van der Waals surface area contributed by atoms with E-state index in [4.69, 9.17) is 0 Å². The fraction of sp³-hybridized carbons (Fsp3) is 0.625. The predicted octanol–water partition coefficient (Wildman–Crippen LogP) is 9.67. The number of fused-ring (bicyclic) bond motifs is 1. The van der Waals surface area contributed by atoms with E-state index < -0.39 is 0 Å². The molecule has 0 saturated heterocycles. The summed E-state index contributed by atoms with van der Waals surface area (Å²) < 4.78 is 4.02. The van der Waals surface area contributed by atoms with Gasteiger partial charge in [-0.1, -0.05) is 95.6 Å². The first-order chi connectivity index (χ1) is 21.6. The lowest BCUT2D eigenvalue weighted by molar-refractivity contribution is -0.896. The molecule has 45 heavy (non-hydrogen) atoms. The summed E-state index contributed by atoms with van der Waals surface area (Å²) in [7, 11) is 4.12. The number of rotatable bonds is 16. The summed E-state index contributed by atoms with van der Waals surface area (Å²) in [6.07, 6.45) is 12.4. The third-order valence-electron chi connectivity index (χ3n) is 9.17. The summed E-state index contributed by atoms with van der Waals surface area (Å²) in [5, 5.41) is 3.40. The number of allylic oxidation sites excluding steroid dienone is 1. The van der Waals surface area contributed by atoms with Crippen molar-refractivity contribution < 1.29 is 4.90 Å². The monoisotopic (exact) mass is 640 g/mol. The Morgan fingerprint density at radius 2 is 1.62 bits per heavy atom. The van der Waals surface area contributed by atoms with Crippen LogP contribution < -0.4 is 19.8 Å². The van der Waals surface area contributed by atoms with Crippen molar-refractivity contribution >= 4 is 27.9 Å². The molecule has 4 nitrogen and oxygen atoms in total. The average molecular weight is 640 g/mol. The molecule has 0 bridgehead atoms. The Kier molecular flexibility index (Phi) is 20.4. The highest BCUT2D eigenvalue weighted by Crippen LogP contribution is 2.43. The molecule has 1 heterocycles. The molecule has 3 N–H and O–H groups in total. The predicted molar refractivity (Wildman–Crippen MR) is 208 cm³/mol. The number of hydrogen-bond donors (Lipinski definition) is 3. The summed E-state index contributed by atoms with van der Waals surface area (Å²) >= 11 is 0. The van der Waals surface area contributed by atoms with Gasteiger partial charge in [-0.15, -0.1) is 0 Å². The molecular weight excluding hydrogens is 569 g/mol. The Morgan fingerprint density at radius 3 is 2.18 bits per heavy atom. The molecule has 0 aromatic heterocycles. The largest absolute Gasteiger partial charge is 0.378 e. The fourth-order valence-corrected chi connectivity index (χ4v) is 7.88. The topological polar surface area (TPSA) is 31.7 Å². The van der Waals surface area contributed by atoms with Gasteiger partial charge in [0.1, 0.15) is 0 Å². The summed E-state index contributed by atoms with van der Waals surface area (Å²) in [6, 6.07) is 15.4. The summed E-state index contributed by atoms with van der Waals surface area (Å²) in [5.41, 5.74) is 6.60. The molecular formula is C40H71N4S+. The van der Waals surface area contributed by atoms with Crippen molar-refractivity contribution in [1.82, 2.24) is 4.72 Å². The maximum absolute atomic E-state index is 4.52. The second-order valence-electron chi connectivity index (χ2n) is 12.9. The number of benzene rings is 2. The quantitative estimate of drug-likeness (QED) is 0.126. The van der Waals surface area contributed by atoms with Gasteiger partial charge in [-0.05, 0) is 107 Å². The van der Waals surface area contributed by atoms with Gasteiger partial charge in [-0.2, -0.15) is 0 Å². The minimum absolute atomic E-state index is 0.120. The molecule has 0 amide bonds. The van der Waals surface area contributed by atoms with E-state index in [-0.39, 0.29) is 16.2 Å². The van der Waals surface area contributed by atoms with Gasteiger partial charge in [0.05, 0.1) is 19.6 Å². The molecule has 0 fully saturated rings. The molecule has 3 rings (SSSR count). The van der Waals surface area contributed by atoms with Gasteiger partial charge >= 0.3 is 0 Å². The molecule has 2 atom stereocenters. The zero-order valence-electron chi connectivity index (χ0n) is 31.1. The van der Waals surface area contributed by atoms with Gasteiger partial charge in [0.25, 0.3) is 0 Å². The van der Waals surface area contributed by atoms with E-state index in [0.29, 0.717) is 5.92 Å². The summed E-state index contributed by atoms with van der Waals surface area (Å²) in [5.74, 6) is 5.17. The molecule has 2 aromatic carbocycles. The van der Waals surface area contributed by atoms with Crippen LogP contribution in [0.15, 0.2) is 59.6 Å². The minimum Gasteiger partial charge on any atom is -0.378 e. The van der Waals surface area contributed by atoms with E-state index in [1.54, 1.807) is 4.90 Å². The molecule has 0 saturated carbocycles. The van der Waals surface area contributed by atoms with Crippen LogP contribution in [0.2, 0.25) is 0 Å². The van der Waals surface area contributed by atoms with E-state index in [0.717, 1.165) is 24.2 Å². The fourth-order valence-electron chi connectivity index (χ4n) is 6.18. The van der Waals surface area contributed by atoms with Crippen LogP contribution in [0.25, 0.3) is 0 Å². The summed E-state index contributed by atoms with van der Waals surface area (Å²) in [4.78, 5) is 5.31. The lowest BCUT2D eigenvalue weighted by atomic mass is 9.75. The SMILES string of the molecule is C=C(CCCC[NH+](CC)CC)Nc1cccc(C)c1.C=S1NC(CCCC)(CCCC)[C@H](C)Cc2cc(N(C)C)ccc21.CC. The van der Waals surface area contributed by atoms with Crippen LogP contribution in [0.4, 0.5) is 11.4 Å². The molecule has 0 spiro atoms. The van der Waals surface area contributed by atoms with Crippen molar-refractivity contribution in [3.63, 3.8) is 0 Å². The Bertz CT molecular complexity index is 1110. The molecule has 1 aliphatic heterocycles. The first-order valence-electron chi connectivity index (χ1n) is 18.1. The third-order valence-corrected chi connectivity index (χ3v) is 10.8. The molecule has 0 radical (unpaired) electrons. The van der Waals surface area contributed by atoms with Gasteiger partial charge in [-0.3, -0.25) is 4.72 Å². The van der Waals surface area contributed by atoms with E-state index in [2.05, 4.69) is 125 Å². The Morgan fingerprint density at radius 1 is 0.978 bits per heavy atom. The Balaban J connectivity index is 0.000000438. The second kappa shape index (κ2) is 22.4. The van der Waals surface area contributed by atoms with Crippen LogP contribution in [0.3, 0.4) is 0 Å². The maximum atomic E-state index is 4.52. The Hall–Kier alpha value is -2.08. The zero-order chi connectivity index (χ0) is 33.8. The first-order valence-corrected chi connectivity index (χ1v) is 19.4. The van der Waals surface area contributed by atoms with Gasteiger partial charge in [0.15, 0.2) is 0 Å². The van der Waals surface area contributed by atoms with Crippen LogP contribution in [0.1, 0.15) is 117 Å². The molecule has 256 valence electrons. The van der Waals surface area contributed by atoms with Crippen molar-refractivity contribution in [3.8, 4) is 0 Å². The third kappa shape index (κ3) is 14.1. The van der Waals surface area contributed by atoms with E-state index >= 15 is 0 Å². The van der Waals surface area contributed by atoms with Gasteiger partial charge in [0, 0.05) is 41.6 Å². The number of hydrogen-bond acceptors (Lipinski definition) is 3. The summed E-state index contributed by atoms with van der Waals surface area (Å²) in [6.45, 7) is 25.6. The number of anilines is 2. The maximum Gasteiger partial charge on any atom is 0.0770 e. The van der Waals surface area contributed by atoms with E-state index in [1.165, 1.54) is 92.7 Å². The molecule has 1 unspecified atom stereocenters. The van der Waals surface area contributed by atoms with Crippen molar-refractivity contribution in [2.75, 3.05) is 43.9 Å². The Labute approximate surface area is 282 Å². The molecule has 0 aliphatic carbocycles. The highest BCUT2D eigenvalue weighted by atomic mass is 32.2. The van der Waals surface area contributed by atoms with Crippen LogP contribution in [0.5, 0.6) is 0 Å². The first kappa shape index (κ1) is 40.9. The van der Waals surface area contributed by atoms with Crippen LogP contribution in [-0.4, -0.2) is 45.1 Å². The highest BCUT2D eigenvalue weighted by Gasteiger charge is 2.38. The van der Waals surface area contributed by atoms with Crippen molar-refractivity contribution in [3.05, 3.63) is 65.9 Å². The average Bonchev–Trinajstić information content (AvgIpc) is 3.13. The zero-order valence-corrected chi connectivity index (χ0v) is 31.9. The van der Waals surface area contributed by atoms with E-state index in [9.17, 15) is 0 Å². The van der Waals surface area contributed by atoms with Crippen LogP contribution >= 0.6 is 10.7 Å². The second-order valence-corrected chi connectivity index (χ2v) is 14.3. The number of quaternary nitrogens is 1. The van der Waals surface area contributed by atoms with Gasteiger partial charge in [-0.25, -0.2) is 0 Å². The number of nitrogens with zero attached hydrogens (tertiary/aromatic N) is 1. The van der Waals surface area contributed by atoms with Crippen molar-refractivity contribution in [1.29, 1.82) is 0 Å². The molecule has 2 aromatic rings. The number of nitrogens with one attached hydrogen (secondary N) is 3. The smallest absolute Gasteiger partial charge is 0.0770 e. The standard InChI is InChI=1S/C21H36N2S.C17H28N2.C2H6/c1-7-9-13-21(14-10-8-2)17(3)15-18-16-19(23(4)5)11-12-20(18)24(6)22-21;1-5-19(6-2)13-8-7-11-16(4)18-17-12-9-10-15(3)14-17;1-2/h11-12,16-17,22H,6-10,13-15H2,1-5H3;9-10,12,14,18H,4-8,11,13H2,1-3H3;1-2H3/p+1/t17-,24?;;/m1../s1. The normalized spacial score (nSPS) is 16.8. The van der Waals surface area contributed by atoms with Crippen LogP contribution in [-0.2, 0) is 6.42 Å². The molecule has 5 heteroatoms. The number of aryl methyl sites for hydroxylation is 1. The number of unbranched alkanes of at least 4 members (excludes halogenated alkanes) is 3. The van der Waals surface area contributed by atoms with E-state index in [1.807, 2.05) is 13.8 Å². The lowest BCUT2D eigenvalue weighted by Crippen LogP contribution is -3.11. The van der Waals surface area contributed by atoms with Crippen molar-refractivity contribution in [2.45, 2.75) is 130 Å². The van der Waals surface area contributed by atoms with Crippen molar-refractivity contribution in [2.24, 2.45) is 5.92 Å².